The van der Waals surface area contributed by atoms with Crippen molar-refractivity contribution in [3.05, 3.63) is 0 Å². The predicted molar refractivity (Wildman–Crippen MR) is 66.7 cm³/mol. The average molecular weight is 229 g/mol. The van der Waals surface area contributed by atoms with E-state index in [2.05, 4.69) is 26.1 Å². The highest BCUT2D eigenvalue weighted by Gasteiger charge is 2.34. The van der Waals surface area contributed by atoms with Gasteiger partial charge in [0, 0.05) is 31.7 Å². The van der Waals surface area contributed by atoms with Gasteiger partial charge in [-0.15, -0.1) is 0 Å². The zero-order valence-electron chi connectivity index (χ0n) is 11.2. The molecular formula is C13H27NO2. The Morgan fingerprint density at radius 1 is 1.38 bits per heavy atom. The molecule has 0 aromatic rings. The van der Waals surface area contributed by atoms with Gasteiger partial charge in [0.1, 0.15) is 0 Å². The highest BCUT2D eigenvalue weighted by Crippen LogP contribution is 2.33. The molecule has 2 atom stereocenters. The van der Waals surface area contributed by atoms with Gasteiger partial charge in [-0.05, 0) is 26.2 Å². The number of hydrogen-bond acceptors (Lipinski definition) is 3. The van der Waals surface area contributed by atoms with Crippen LogP contribution in [-0.4, -0.2) is 39.0 Å². The van der Waals surface area contributed by atoms with E-state index in [9.17, 15) is 0 Å². The molecule has 3 heteroatoms. The summed E-state index contributed by atoms with van der Waals surface area (Å²) in [6.07, 6.45) is 3.83. The summed E-state index contributed by atoms with van der Waals surface area (Å²) in [7, 11) is 1.79. The fourth-order valence-electron chi connectivity index (χ4n) is 2.40. The van der Waals surface area contributed by atoms with Crippen LogP contribution in [0.4, 0.5) is 0 Å². The van der Waals surface area contributed by atoms with Gasteiger partial charge >= 0.3 is 0 Å². The lowest BCUT2D eigenvalue weighted by atomic mass is 9.77. The van der Waals surface area contributed by atoms with Gasteiger partial charge in [-0.25, -0.2) is 0 Å². The smallest absolute Gasteiger partial charge is 0.0549 e. The van der Waals surface area contributed by atoms with E-state index in [0.29, 0.717) is 12.1 Å². The maximum atomic E-state index is 5.67. The number of ether oxygens (including phenoxy) is 2. The van der Waals surface area contributed by atoms with Crippen molar-refractivity contribution in [1.82, 2.24) is 5.32 Å². The van der Waals surface area contributed by atoms with Crippen LogP contribution in [0, 0.1) is 5.41 Å². The molecule has 0 aromatic heterocycles. The van der Waals surface area contributed by atoms with Crippen molar-refractivity contribution in [3.8, 4) is 0 Å². The third kappa shape index (κ3) is 4.40. The Balaban J connectivity index is 2.52. The molecule has 0 radical (unpaired) electrons. The van der Waals surface area contributed by atoms with Gasteiger partial charge in [-0.3, -0.25) is 0 Å². The molecule has 0 bridgehead atoms. The van der Waals surface area contributed by atoms with Gasteiger partial charge in [0.15, 0.2) is 0 Å². The molecule has 0 aromatic carbocycles. The van der Waals surface area contributed by atoms with Gasteiger partial charge in [0.05, 0.1) is 12.7 Å². The molecule has 1 fully saturated rings. The summed E-state index contributed by atoms with van der Waals surface area (Å²) in [6.45, 7) is 9.36. The predicted octanol–water partition coefficient (Wildman–Crippen LogP) is 2.21. The molecule has 1 heterocycles. The first-order chi connectivity index (χ1) is 7.58. The van der Waals surface area contributed by atoms with E-state index in [-0.39, 0.29) is 5.41 Å². The van der Waals surface area contributed by atoms with Crippen LogP contribution in [0.15, 0.2) is 0 Å². The first-order valence-corrected chi connectivity index (χ1v) is 6.42. The first-order valence-electron chi connectivity index (χ1n) is 6.42. The second-order valence-corrected chi connectivity index (χ2v) is 5.44. The molecule has 96 valence electrons. The molecule has 1 N–H and O–H groups in total. The molecule has 0 aliphatic carbocycles. The van der Waals surface area contributed by atoms with Crippen LogP contribution in [0.1, 0.15) is 40.0 Å². The summed E-state index contributed by atoms with van der Waals surface area (Å²) in [5.74, 6) is 0. The number of rotatable bonds is 6. The average Bonchev–Trinajstić information content (AvgIpc) is 2.28. The number of nitrogens with one attached hydrogen (secondary N) is 1. The van der Waals surface area contributed by atoms with Crippen molar-refractivity contribution in [1.29, 1.82) is 0 Å². The largest absolute Gasteiger partial charge is 0.382 e. The molecule has 0 amide bonds. The Morgan fingerprint density at radius 2 is 2.12 bits per heavy atom. The van der Waals surface area contributed by atoms with Crippen LogP contribution in [0.5, 0.6) is 0 Å². The molecule has 3 nitrogen and oxygen atoms in total. The van der Waals surface area contributed by atoms with E-state index in [1.807, 2.05) is 0 Å². The molecule has 2 unspecified atom stereocenters. The fourth-order valence-corrected chi connectivity index (χ4v) is 2.40. The van der Waals surface area contributed by atoms with E-state index >= 15 is 0 Å². The molecule has 0 spiro atoms. The van der Waals surface area contributed by atoms with Gasteiger partial charge in [-0.2, -0.15) is 0 Å². The van der Waals surface area contributed by atoms with Crippen molar-refractivity contribution < 1.29 is 9.47 Å². The van der Waals surface area contributed by atoms with Crippen LogP contribution < -0.4 is 5.32 Å². The molecule has 0 saturated carbocycles. The Labute approximate surface area is 99.9 Å². The minimum Gasteiger partial charge on any atom is -0.382 e. The third-order valence-electron chi connectivity index (χ3n) is 3.41. The maximum absolute atomic E-state index is 5.67. The standard InChI is InChI=1S/C13H27NO2/c1-11(2)14-9-13(8-12(3)15-4)6-5-7-16-10-13/h11-12,14H,5-10H2,1-4H3. The Hall–Kier alpha value is -0.120. The Kier molecular flexibility index (Phi) is 5.73. The molecule has 16 heavy (non-hydrogen) atoms. The maximum Gasteiger partial charge on any atom is 0.0549 e. The van der Waals surface area contributed by atoms with Crippen LogP contribution >= 0.6 is 0 Å². The van der Waals surface area contributed by atoms with Gasteiger partial charge in [0.2, 0.25) is 0 Å². The zero-order valence-corrected chi connectivity index (χ0v) is 11.2. The summed E-state index contributed by atoms with van der Waals surface area (Å²) < 4.78 is 11.1. The highest BCUT2D eigenvalue weighted by molar-refractivity contribution is 4.86. The summed E-state index contributed by atoms with van der Waals surface area (Å²) in [6, 6.07) is 0.539. The summed E-state index contributed by atoms with van der Waals surface area (Å²) in [4.78, 5) is 0. The third-order valence-corrected chi connectivity index (χ3v) is 3.41. The topological polar surface area (TPSA) is 30.5 Å². The fraction of sp³-hybridized carbons (Fsp3) is 1.00. The van der Waals surface area contributed by atoms with Crippen LogP contribution in [0.3, 0.4) is 0 Å². The molecule has 1 aliphatic heterocycles. The van der Waals surface area contributed by atoms with E-state index in [4.69, 9.17) is 9.47 Å². The van der Waals surface area contributed by atoms with Crippen molar-refractivity contribution in [3.63, 3.8) is 0 Å². The summed E-state index contributed by atoms with van der Waals surface area (Å²) >= 11 is 0. The molecule has 1 saturated heterocycles. The lowest BCUT2D eigenvalue weighted by Gasteiger charge is -2.39. The van der Waals surface area contributed by atoms with Gasteiger partial charge < -0.3 is 14.8 Å². The van der Waals surface area contributed by atoms with E-state index in [1.54, 1.807) is 7.11 Å². The second kappa shape index (κ2) is 6.58. The normalized spacial score (nSPS) is 28.3. The van der Waals surface area contributed by atoms with Crippen molar-refractivity contribution in [2.45, 2.75) is 52.2 Å². The first kappa shape index (κ1) is 13.9. The summed E-state index contributed by atoms with van der Waals surface area (Å²) in [5.41, 5.74) is 0.276. The second-order valence-electron chi connectivity index (χ2n) is 5.44. The van der Waals surface area contributed by atoms with E-state index < -0.39 is 0 Å². The molecule has 1 aliphatic rings. The molecular weight excluding hydrogens is 202 g/mol. The van der Waals surface area contributed by atoms with Gasteiger partial charge in [0.25, 0.3) is 0 Å². The van der Waals surface area contributed by atoms with Crippen molar-refractivity contribution in [2.75, 3.05) is 26.9 Å². The highest BCUT2D eigenvalue weighted by atomic mass is 16.5. The SMILES string of the molecule is COC(C)CC1(CNC(C)C)CCCOC1. The van der Waals surface area contributed by atoms with Gasteiger partial charge in [-0.1, -0.05) is 13.8 Å². The molecule has 1 rings (SSSR count). The summed E-state index contributed by atoms with van der Waals surface area (Å²) in [5, 5.41) is 3.55. The minimum absolute atomic E-state index is 0.276. The lowest BCUT2D eigenvalue weighted by Crippen LogP contribution is -2.44. The lowest BCUT2D eigenvalue weighted by molar-refractivity contribution is -0.0394. The minimum atomic E-state index is 0.276. The quantitative estimate of drug-likeness (QED) is 0.757. The van der Waals surface area contributed by atoms with Crippen molar-refractivity contribution >= 4 is 0 Å². The van der Waals surface area contributed by atoms with Crippen LogP contribution in [-0.2, 0) is 9.47 Å². The van der Waals surface area contributed by atoms with E-state index in [1.165, 1.54) is 12.8 Å². The number of hydrogen-bond donors (Lipinski definition) is 1. The Morgan fingerprint density at radius 3 is 2.62 bits per heavy atom. The Bertz CT molecular complexity index is 188. The van der Waals surface area contributed by atoms with Crippen LogP contribution in [0.25, 0.3) is 0 Å². The number of methoxy groups -OCH3 is 1. The van der Waals surface area contributed by atoms with E-state index in [0.717, 1.165) is 26.2 Å². The zero-order chi connectivity index (χ0) is 12.0. The van der Waals surface area contributed by atoms with Crippen LogP contribution in [0.2, 0.25) is 0 Å². The van der Waals surface area contributed by atoms with Crippen molar-refractivity contribution in [2.24, 2.45) is 5.41 Å². The monoisotopic (exact) mass is 229 g/mol.